The summed E-state index contributed by atoms with van der Waals surface area (Å²) in [5.41, 5.74) is -1.22. The van der Waals surface area contributed by atoms with Gasteiger partial charge in [0.2, 0.25) is 0 Å². The molecular weight excluding hydrogens is 220 g/mol. The maximum absolute atomic E-state index is 11.7. The van der Waals surface area contributed by atoms with Crippen molar-refractivity contribution < 1.29 is 18.6 Å². The fourth-order valence-corrected chi connectivity index (χ4v) is 2.61. The fourth-order valence-electron chi connectivity index (χ4n) is 1.05. The summed E-state index contributed by atoms with van der Waals surface area (Å²) in [6.07, 6.45) is 0. The van der Waals surface area contributed by atoms with E-state index in [9.17, 15) is 8.42 Å². The van der Waals surface area contributed by atoms with Gasteiger partial charge in [-0.3, -0.25) is 0 Å². The van der Waals surface area contributed by atoms with Crippen LogP contribution in [0.15, 0.2) is 0 Å². The minimum atomic E-state index is -3.64. The molecule has 92 valence electrons. The van der Waals surface area contributed by atoms with Crippen molar-refractivity contribution in [3.8, 4) is 0 Å². The third kappa shape index (κ3) is 4.04. The average molecular weight is 240 g/mol. The molecule has 0 spiro atoms. The molecule has 0 unspecified atom stereocenters. The second-order valence-corrected chi connectivity index (χ2v) is 5.24. The van der Waals surface area contributed by atoms with Crippen LogP contribution < -0.4 is 4.72 Å². The van der Waals surface area contributed by atoms with Crippen LogP contribution in [0.5, 0.6) is 0 Å². The van der Waals surface area contributed by atoms with Crippen molar-refractivity contribution in [2.24, 2.45) is 0 Å². The minimum Gasteiger partial charge on any atom is -0.394 e. The van der Waals surface area contributed by atoms with Crippen LogP contribution in [0, 0.1) is 0 Å². The molecule has 0 aromatic carbocycles. The first-order valence-corrected chi connectivity index (χ1v) is 6.30. The first-order valence-electron chi connectivity index (χ1n) is 4.86. The molecule has 0 aliphatic carbocycles. The number of nitrogens with zero attached hydrogens (tertiary/aromatic N) is 1. The van der Waals surface area contributed by atoms with Gasteiger partial charge in [0.1, 0.15) is 0 Å². The number of aliphatic hydroxyl groups is 2. The lowest BCUT2D eigenvalue weighted by Crippen LogP contribution is -2.55. The Morgan fingerprint density at radius 3 is 1.87 bits per heavy atom. The van der Waals surface area contributed by atoms with Crippen molar-refractivity contribution in [2.45, 2.75) is 26.3 Å². The maximum Gasteiger partial charge on any atom is 0.280 e. The van der Waals surface area contributed by atoms with Gasteiger partial charge in [0.05, 0.1) is 18.8 Å². The molecule has 0 aromatic heterocycles. The third-order valence-corrected chi connectivity index (χ3v) is 4.07. The van der Waals surface area contributed by atoms with E-state index in [4.69, 9.17) is 10.2 Å². The summed E-state index contributed by atoms with van der Waals surface area (Å²) >= 11 is 0. The van der Waals surface area contributed by atoms with Crippen molar-refractivity contribution in [3.63, 3.8) is 0 Å². The highest BCUT2D eigenvalue weighted by molar-refractivity contribution is 7.87. The van der Waals surface area contributed by atoms with Crippen molar-refractivity contribution >= 4 is 10.2 Å². The van der Waals surface area contributed by atoms with E-state index in [1.54, 1.807) is 13.8 Å². The predicted molar refractivity (Wildman–Crippen MR) is 57.6 cm³/mol. The zero-order chi connectivity index (χ0) is 12.1. The molecule has 0 radical (unpaired) electrons. The molecule has 15 heavy (non-hydrogen) atoms. The van der Waals surface area contributed by atoms with Crippen LogP contribution in [0.3, 0.4) is 0 Å². The molecule has 0 rings (SSSR count). The van der Waals surface area contributed by atoms with E-state index in [0.717, 1.165) is 0 Å². The summed E-state index contributed by atoms with van der Waals surface area (Å²) in [7, 11) is -3.64. The summed E-state index contributed by atoms with van der Waals surface area (Å²) in [6, 6.07) is 0. The lowest BCUT2D eigenvalue weighted by Gasteiger charge is -2.29. The van der Waals surface area contributed by atoms with Gasteiger partial charge >= 0.3 is 0 Å². The van der Waals surface area contributed by atoms with E-state index in [2.05, 4.69) is 4.72 Å². The minimum absolute atomic E-state index is 0.346. The Hall–Kier alpha value is -0.210. The average Bonchev–Trinajstić information content (AvgIpc) is 2.18. The quantitative estimate of drug-likeness (QED) is 0.527. The molecule has 0 aromatic rings. The predicted octanol–water partition coefficient (Wildman–Crippen LogP) is -1.09. The first kappa shape index (κ1) is 14.8. The van der Waals surface area contributed by atoms with E-state index < -0.39 is 29.0 Å². The highest BCUT2D eigenvalue weighted by Gasteiger charge is 2.31. The smallest absolute Gasteiger partial charge is 0.280 e. The zero-order valence-corrected chi connectivity index (χ0v) is 10.2. The Bertz CT molecular complexity index is 270. The van der Waals surface area contributed by atoms with Gasteiger partial charge in [0.25, 0.3) is 10.2 Å². The van der Waals surface area contributed by atoms with Crippen LogP contribution in [-0.2, 0) is 10.2 Å². The lowest BCUT2D eigenvalue weighted by molar-refractivity contribution is 0.120. The van der Waals surface area contributed by atoms with E-state index in [1.165, 1.54) is 11.2 Å². The Balaban J connectivity index is 4.76. The molecular formula is C8H20N2O4S. The third-order valence-electron chi connectivity index (χ3n) is 2.12. The molecule has 3 N–H and O–H groups in total. The monoisotopic (exact) mass is 240 g/mol. The Labute approximate surface area is 91.1 Å². The topological polar surface area (TPSA) is 89.9 Å². The SMILES string of the molecule is CCN(CC)S(=O)(=O)NC(C)(CO)CO. The van der Waals surface area contributed by atoms with E-state index in [1.807, 2.05) is 0 Å². The van der Waals surface area contributed by atoms with Crippen LogP contribution in [0.25, 0.3) is 0 Å². The van der Waals surface area contributed by atoms with E-state index in [0.29, 0.717) is 13.1 Å². The maximum atomic E-state index is 11.7. The van der Waals surface area contributed by atoms with E-state index >= 15 is 0 Å². The van der Waals surface area contributed by atoms with Crippen molar-refractivity contribution in [3.05, 3.63) is 0 Å². The lowest BCUT2D eigenvalue weighted by atomic mass is 10.1. The van der Waals surface area contributed by atoms with Gasteiger partial charge in [-0.1, -0.05) is 13.8 Å². The van der Waals surface area contributed by atoms with Gasteiger partial charge in [0.15, 0.2) is 0 Å². The molecule has 0 bridgehead atoms. The van der Waals surface area contributed by atoms with Gasteiger partial charge in [-0.15, -0.1) is 0 Å². The second kappa shape index (κ2) is 5.76. The largest absolute Gasteiger partial charge is 0.394 e. The van der Waals surface area contributed by atoms with Gasteiger partial charge in [-0.05, 0) is 6.92 Å². The van der Waals surface area contributed by atoms with Gasteiger partial charge in [0, 0.05) is 13.1 Å². The molecule has 0 saturated carbocycles. The molecule has 0 amide bonds. The van der Waals surface area contributed by atoms with Crippen LogP contribution in [0.1, 0.15) is 20.8 Å². The normalized spacial score (nSPS) is 13.5. The summed E-state index contributed by atoms with van der Waals surface area (Å²) in [4.78, 5) is 0. The highest BCUT2D eigenvalue weighted by Crippen LogP contribution is 2.06. The number of hydrogen-bond acceptors (Lipinski definition) is 4. The van der Waals surface area contributed by atoms with Gasteiger partial charge in [-0.2, -0.15) is 17.4 Å². The van der Waals surface area contributed by atoms with Crippen molar-refractivity contribution in [1.82, 2.24) is 9.03 Å². The van der Waals surface area contributed by atoms with Crippen molar-refractivity contribution in [2.75, 3.05) is 26.3 Å². The molecule has 0 fully saturated rings. The number of hydrogen-bond donors (Lipinski definition) is 3. The Morgan fingerprint density at radius 2 is 1.60 bits per heavy atom. The van der Waals surface area contributed by atoms with Crippen LogP contribution in [0.2, 0.25) is 0 Å². The van der Waals surface area contributed by atoms with E-state index in [-0.39, 0.29) is 0 Å². The zero-order valence-electron chi connectivity index (χ0n) is 9.39. The van der Waals surface area contributed by atoms with Crippen LogP contribution in [0.4, 0.5) is 0 Å². The summed E-state index contributed by atoms with van der Waals surface area (Å²) in [6.45, 7) is 4.66. The number of aliphatic hydroxyl groups excluding tert-OH is 2. The first-order chi connectivity index (χ1) is 6.85. The van der Waals surface area contributed by atoms with Crippen LogP contribution in [-0.4, -0.2) is 54.8 Å². The molecule has 0 aliphatic heterocycles. The molecule has 0 heterocycles. The molecule has 0 saturated heterocycles. The Kier molecular flexibility index (Phi) is 5.68. The fraction of sp³-hybridized carbons (Fsp3) is 1.00. The molecule has 7 heteroatoms. The molecule has 0 aliphatic rings. The van der Waals surface area contributed by atoms with Gasteiger partial charge in [-0.25, -0.2) is 0 Å². The molecule has 0 atom stereocenters. The van der Waals surface area contributed by atoms with Crippen molar-refractivity contribution in [1.29, 1.82) is 0 Å². The highest BCUT2D eigenvalue weighted by atomic mass is 32.2. The Morgan fingerprint density at radius 1 is 1.20 bits per heavy atom. The molecule has 6 nitrogen and oxygen atoms in total. The standard InChI is InChI=1S/C8H20N2O4S/c1-4-10(5-2)15(13,14)9-8(3,6-11)7-12/h9,11-12H,4-7H2,1-3H3. The second-order valence-electron chi connectivity index (χ2n) is 3.57. The summed E-state index contributed by atoms with van der Waals surface area (Å²) in [5.74, 6) is 0. The summed E-state index contributed by atoms with van der Waals surface area (Å²) in [5, 5.41) is 17.9. The van der Waals surface area contributed by atoms with Gasteiger partial charge < -0.3 is 10.2 Å². The summed E-state index contributed by atoms with van der Waals surface area (Å²) < 4.78 is 26.9. The number of nitrogens with one attached hydrogen (secondary N) is 1. The number of rotatable bonds is 7. The van der Waals surface area contributed by atoms with Crippen LogP contribution >= 0.6 is 0 Å².